The third-order valence-corrected chi connectivity index (χ3v) is 3.33. The summed E-state index contributed by atoms with van der Waals surface area (Å²) in [5.41, 5.74) is 2.03. The molecular weight excluding hydrogens is 250 g/mol. The molecule has 0 unspecified atom stereocenters. The molecule has 2 rings (SSSR count). The van der Waals surface area contributed by atoms with E-state index in [1.54, 1.807) is 0 Å². The second kappa shape index (κ2) is 6.94. The molecule has 0 saturated carbocycles. The number of ketones is 1. The van der Waals surface area contributed by atoms with Gasteiger partial charge in [-0.15, -0.1) is 0 Å². The highest BCUT2D eigenvalue weighted by molar-refractivity contribution is 5.94. The van der Waals surface area contributed by atoms with Gasteiger partial charge in [0.15, 0.2) is 5.78 Å². The molecule has 0 aliphatic rings. The fourth-order valence-electron chi connectivity index (χ4n) is 2.25. The Morgan fingerprint density at radius 2 is 1.95 bits per heavy atom. The van der Waals surface area contributed by atoms with Crippen molar-refractivity contribution < 1.29 is 9.53 Å². The first-order chi connectivity index (χ1) is 9.70. The van der Waals surface area contributed by atoms with Gasteiger partial charge in [0, 0.05) is 19.7 Å². The van der Waals surface area contributed by atoms with Crippen molar-refractivity contribution in [2.24, 2.45) is 7.05 Å². The fraction of sp³-hybridized carbons (Fsp3) is 0.353. The van der Waals surface area contributed by atoms with Crippen LogP contribution >= 0.6 is 0 Å². The number of ether oxygens (including phenoxy) is 1. The summed E-state index contributed by atoms with van der Waals surface area (Å²) in [6.45, 7) is 2.66. The second-order valence-corrected chi connectivity index (χ2v) is 4.86. The predicted octanol–water partition coefficient (Wildman–Crippen LogP) is 3.63. The van der Waals surface area contributed by atoms with E-state index in [1.165, 1.54) is 5.56 Å². The van der Waals surface area contributed by atoms with Crippen molar-refractivity contribution in [3.05, 3.63) is 53.9 Å². The molecule has 106 valence electrons. The number of hydrogen-bond donors (Lipinski definition) is 0. The zero-order valence-electron chi connectivity index (χ0n) is 12.1. The van der Waals surface area contributed by atoms with Crippen molar-refractivity contribution in [3.63, 3.8) is 0 Å². The molecule has 1 aromatic heterocycles. The summed E-state index contributed by atoms with van der Waals surface area (Å²) in [4.78, 5) is 12.0. The molecule has 0 atom stereocenters. The molecule has 1 aromatic carbocycles. The van der Waals surface area contributed by atoms with Gasteiger partial charge < -0.3 is 9.30 Å². The van der Waals surface area contributed by atoms with Gasteiger partial charge in [-0.25, -0.2) is 0 Å². The Labute approximate surface area is 120 Å². The molecule has 0 bridgehead atoms. The van der Waals surface area contributed by atoms with E-state index in [0.29, 0.717) is 13.0 Å². The van der Waals surface area contributed by atoms with Gasteiger partial charge in [-0.05, 0) is 49.6 Å². The van der Waals surface area contributed by atoms with Crippen molar-refractivity contribution >= 4 is 5.78 Å². The van der Waals surface area contributed by atoms with Crippen LogP contribution in [0.4, 0.5) is 0 Å². The number of nitrogens with zero attached hydrogens (tertiary/aromatic N) is 1. The minimum absolute atomic E-state index is 0.212. The number of carbonyl (C=O) groups is 1. The third-order valence-electron chi connectivity index (χ3n) is 3.33. The lowest BCUT2D eigenvalue weighted by molar-refractivity contribution is 0.0972. The Kier molecular flexibility index (Phi) is 4.99. The topological polar surface area (TPSA) is 31.2 Å². The van der Waals surface area contributed by atoms with E-state index in [9.17, 15) is 4.79 Å². The van der Waals surface area contributed by atoms with Gasteiger partial charge in [0.2, 0.25) is 0 Å². The van der Waals surface area contributed by atoms with Crippen LogP contribution in [0.1, 0.15) is 35.8 Å². The van der Waals surface area contributed by atoms with Crippen LogP contribution in [0.5, 0.6) is 5.75 Å². The smallest absolute Gasteiger partial charge is 0.179 e. The number of Topliss-reactive ketones (excluding diaryl/α,β-unsaturated/α-hetero) is 1. The number of aromatic nitrogens is 1. The molecule has 20 heavy (non-hydrogen) atoms. The number of aryl methyl sites for hydroxylation is 2. The average Bonchev–Trinajstić information content (AvgIpc) is 2.87. The van der Waals surface area contributed by atoms with Crippen LogP contribution in [0.3, 0.4) is 0 Å². The van der Waals surface area contributed by atoms with Crippen LogP contribution in [-0.4, -0.2) is 17.0 Å². The molecule has 3 heteroatoms. The van der Waals surface area contributed by atoms with Crippen LogP contribution in [0.2, 0.25) is 0 Å². The van der Waals surface area contributed by atoms with Gasteiger partial charge in [-0.1, -0.05) is 12.1 Å². The molecule has 2 aromatic rings. The molecule has 0 saturated heterocycles. The molecule has 3 nitrogen and oxygen atoms in total. The lowest BCUT2D eigenvalue weighted by Crippen LogP contribution is -2.05. The molecule has 0 fully saturated rings. The Bertz CT molecular complexity index is 555. The van der Waals surface area contributed by atoms with Crippen LogP contribution in [0, 0.1) is 0 Å². The summed E-state index contributed by atoms with van der Waals surface area (Å²) >= 11 is 0. The van der Waals surface area contributed by atoms with Crippen molar-refractivity contribution in [2.75, 3.05) is 6.61 Å². The number of rotatable bonds is 7. The number of benzene rings is 1. The lowest BCUT2D eigenvalue weighted by Gasteiger charge is -2.05. The maximum atomic E-state index is 12.0. The number of carbonyl (C=O) groups excluding carboxylic acids is 1. The molecule has 0 amide bonds. The zero-order chi connectivity index (χ0) is 14.4. The highest BCUT2D eigenvalue weighted by Gasteiger charge is 2.08. The quantitative estimate of drug-likeness (QED) is 0.720. The second-order valence-electron chi connectivity index (χ2n) is 4.86. The van der Waals surface area contributed by atoms with E-state index >= 15 is 0 Å². The normalized spacial score (nSPS) is 10.5. The maximum absolute atomic E-state index is 12.0. The van der Waals surface area contributed by atoms with Gasteiger partial charge in [0.05, 0.1) is 12.3 Å². The highest BCUT2D eigenvalue weighted by Crippen LogP contribution is 2.14. The summed E-state index contributed by atoms with van der Waals surface area (Å²) in [7, 11) is 1.90. The SMILES string of the molecule is CCOc1ccc(CCCC(=O)c2cccn2C)cc1. The third kappa shape index (κ3) is 3.73. The molecule has 0 radical (unpaired) electrons. The van der Waals surface area contributed by atoms with E-state index in [4.69, 9.17) is 4.74 Å². The summed E-state index contributed by atoms with van der Waals surface area (Å²) in [5.74, 6) is 1.11. The van der Waals surface area contributed by atoms with Crippen LogP contribution < -0.4 is 4.74 Å². The van der Waals surface area contributed by atoms with Crippen molar-refractivity contribution in [1.82, 2.24) is 4.57 Å². The first-order valence-electron chi connectivity index (χ1n) is 7.07. The fourth-order valence-corrected chi connectivity index (χ4v) is 2.25. The first-order valence-corrected chi connectivity index (χ1v) is 7.07. The summed E-state index contributed by atoms with van der Waals surface area (Å²) in [5, 5.41) is 0. The van der Waals surface area contributed by atoms with E-state index in [-0.39, 0.29) is 5.78 Å². The Balaban J connectivity index is 1.81. The lowest BCUT2D eigenvalue weighted by atomic mass is 10.1. The minimum Gasteiger partial charge on any atom is -0.494 e. The summed E-state index contributed by atoms with van der Waals surface area (Å²) < 4.78 is 7.28. The van der Waals surface area contributed by atoms with Crippen LogP contribution in [0.25, 0.3) is 0 Å². The van der Waals surface area contributed by atoms with Crippen LogP contribution in [-0.2, 0) is 13.5 Å². The Morgan fingerprint density at radius 1 is 1.20 bits per heavy atom. The van der Waals surface area contributed by atoms with Crippen LogP contribution in [0.15, 0.2) is 42.6 Å². The Morgan fingerprint density at radius 3 is 2.55 bits per heavy atom. The van der Waals surface area contributed by atoms with E-state index in [2.05, 4.69) is 12.1 Å². The standard InChI is InChI=1S/C17H21NO2/c1-3-20-15-11-9-14(10-12-15)6-4-8-17(19)16-7-5-13-18(16)2/h5,7,9-13H,3-4,6,8H2,1-2H3. The Hall–Kier alpha value is -2.03. The summed E-state index contributed by atoms with van der Waals surface area (Å²) in [6, 6.07) is 11.9. The molecule has 0 spiro atoms. The first kappa shape index (κ1) is 14.4. The van der Waals surface area contributed by atoms with Gasteiger partial charge in [-0.2, -0.15) is 0 Å². The minimum atomic E-state index is 0.212. The van der Waals surface area contributed by atoms with Gasteiger partial charge in [-0.3, -0.25) is 4.79 Å². The molecule has 0 aliphatic carbocycles. The van der Waals surface area contributed by atoms with Crippen molar-refractivity contribution in [3.8, 4) is 5.75 Å². The molecule has 0 N–H and O–H groups in total. The van der Waals surface area contributed by atoms with Crippen molar-refractivity contribution in [2.45, 2.75) is 26.2 Å². The highest BCUT2D eigenvalue weighted by atomic mass is 16.5. The van der Waals surface area contributed by atoms with E-state index in [1.807, 2.05) is 49.0 Å². The van der Waals surface area contributed by atoms with Crippen molar-refractivity contribution in [1.29, 1.82) is 0 Å². The van der Waals surface area contributed by atoms with Gasteiger partial charge in [0.25, 0.3) is 0 Å². The number of hydrogen-bond acceptors (Lipinski definition) is 2. The average molecular weight is 271 g/mol. The molecular formula is C17H21NO2. The monoisotopic (exact) mass is 271 g/mol. The molecule has 1 heterocycles. The van der Waals surface area contributed by atoms with E-state index in [0.717, 1.165) is 24.3 Å². The maximum Gasteiger partial charge on any atom is 0.179 e. The van der Waals surface area contributed by atoms with Gasteiger partial charge in [0.1, 0.15) is 5.75 Å². The van der Waals surface area contributed by atoms with Gasteiger partial charge >= 0.3 is 0 Å². The molecule has 0 aliphatic heterocycles. The predicted molar refractivity (Wildman–Crippen MR) is 80.3 cm³/mol. The zero-order valence-corrected chi connectivity index (χ0v) is 12.1. The van der Waals surface area contributed by atoms with E-state index < -0.39 is 0 Å². The largest absolute Gasteiger partial charge is 0.494 e. The summed E-state index contributed by atoms with van der Waals surface area (Å²) in [6.07, 6.45) is 4.28.